The van der Waals surface area contributed by atoms with Gasteiger partial charge in [-0.15, -0.1) is 0 Å². The number of fused-ring (bicyclic) bond motifs is 5. The summed E-state index contributed by atoms with van der Waals surface area (Å²) in [6.07, 6.45) is 8.12. The third-order valence-electron chi connectivity index (χ3n) is 8.46. The first kappa shape index (κ1) is 15.5. The average Bonchev–Trinajstić information content (AvgIpc) is 2.83. The smallest absolute Gasteiger partial charge is 0.139 e. The minimum absolute atomic E-state index is 0.0551. The van der Waals surface area contributed by atoms with Crippen LogP contribution >= 0.6 is 0 Å². The summed E-state index contributed by atoms with van der Waals surface area (Å²) in [4.78, 5) is 36.3. The highest BCUT2D eigenvalue weighted by atomic mass is 16.1. The first-order valence-corrected chi connectivity index (χ1v) is 9.40. The van der Waals surface area contributed by atoms with Crippen molar-refractivity contribution in [2.75, 3.05) is 0 Å². The number of carbonyl (C=O) groups is 3. The molecule has 4 aliphatic rings. The molecule has 4 aliphatic carbocycles. The van der Waals surface area contributed by atoms with E-state index in [-0.39, 0.29) is 16.7 Å². The summed E-state index contributed by atoms with van der Waals surface area (Å²) >= 11 is 0. The molecular weight excluding hydrogens is 288 g/mol. The van der Waals surface area contributed by atoms with Crippen molar-refractivity contribution in [2.24, 2.45) is 40.4 Å². The van der Waals surface area contributed by atoms with Crippen molar-refractivity contribution < 1.29 is 14.4 Å². The lowest BCUT2D eigenvalue weighted by Gasteiger charge is -2.60. The lowest BCUT2D eigenvalue weighted by Crippen LogP contribution is -2.57. The van der Waals surface area contributed by atoms with Crippen molar-refractivity contribution in [2.45, 2.75) is 65.2 Å². The molecule has 126 valence electrons. The summed E-state index contributed by atoms with van der Waals surface area (Å²) in [6.45, 7) is 4.53. The molecule has 0 heterocycles. The van der Waals surface area contributed by atoms with Crippen molar-refractivity contribution in [3.8, 4) is 0 Å². The Balaban J connectivity index is 1.73. The maximum absolute atomic E-state index is 12.5. The summed E-state index contributed by atoms with van der Waals surface area (Å²) in [7, 11) is 0. The molecule has 0 aromatic carbocycles. The first-order chi connectivity index (χ1) is 10.9. The lowest BCUT2D eigenvalue weighted by atomic mass is 9.43. The molecule has 23 heavy (non-hydrogen) atoms. The van der Waals surface area contributed by atoms with E-state index in [1.54, 1.807) is 0 Å². The lowest BCUT2D eigenvalue weighted by molar-refractivity contribution is -0.157. The van der Waals surface area contributed by atoms with E-state index >= 15 is 0 Å². The van der Waals surface area contributed by atoms with E-state index in [1.165, 1.54) is 0 Å². The van der Waals surface area contributed by atoms with E-state index in [0.29, 0.717) is 54.5 Å². The summed E-state index contributed by atoms with van der Waals surface area (Å²) in [6, 6.07) is 0. The number of carbonyl (C=O) groups excluding carboxylic acids is 3. The Labute approximate surface area is 138 Å². The van der Waals surface area contributed by atoms with Gasteiger partial charge in [0.25, 0.3) is 0 Å². The second-order valence-electron chi connectivity index (χ2n) is 9.19. The highest BCUT2D eigenvalue weighted by Gasteiger charge is 2.62. The zero-order valence-corrected chi connectivity index (χ0v) is 14.3. The molecule has 3 nitrogen and oxygen atoms in total. The Bertz CT molecular complexity index is 567. The summed E-state index contributed by atoms with van der Waals surface area (Å²) < 4.78 is 0. The Morgan fingerprint density at radius 2 is 1.83 bits per heavy atom. The van der Waals surface area contributed by atoms with Crippen LogP contribution in [0.4, 0.5) is 0 Å². The van der Waals surface area contributed by atoms with Crippen LogP contribution in [0.5, 0.6) is 0 Å². The predicted molar refractivity (Wildman–Crippen MR) is 86.7 cm³/mol. The third-order valence-corrected chi connectivity index (χ3v) is 8.46. The molecule has 4 rings (SSSR count). The van der Waals surface area contributed by atoms with Crippen LogP contribution in [0.2, 0.25) is 0 Å². The van der Waals surface area contributed by atoms with Crippen LogP contribution in [0.1, 0.15) is 65.2 Å². The molecule has 0 bridgehead atoms. The van der Waals surface area contributed by atoms with Crippen molar-refractivity contribution in [1.82, 2.24) is 0 Å². The Morgan fingerprint density at radius 1 is 1.04 bits per heavy atom. The maximum Gasteiger partial charge on any atom is 0.139 e. The Hall–Kier alpha value is -0.990. The van der Waals surface area contributed by atoms with Crippen molar-refractivity contribution in [3.63, 3.8) is 0 Å². The molecule has 3 heteroatoms. The largest absolute Gasteiger partial charge is 0.303 e. The number of hydrogen-bond donors (Lipinski definition) is 0. The van der Waals surface area contributed by atoms with Gasteiger partial charge in [0, 0.05) is 30.6 Å². The van der Waals surface area contributed by atoms with Crippen LogP contribution in [-0.2, 0) is 14.4 Å². The first-order valence-electron chi connectivity index (χ1n) is 9.40. The van der Waals surface area contributed by atoms with Crippen molar-refractivity contribution in [3.05, 3.63) is 0 Å². The average molecular weight is 316 g/mol. The van der Waals surface area contributed by atoms with Crippen LogP contribution in [0.25, 0.3) is 0 Å². The molecule has 4 saturated carbocycles. The summed E-state index contributed by atoms with van der Waals surface area (Å²) in [5.41, 5.74) is 0.0150. The van der Waals surface area contributed by atoms with Gasteiger partial charge in [-0.05, 0) is 61.2 Å². The van der Waals surface area contributed by atoms with E-state index in [2.05, 4.69) is 13.8 Å². The molecule has 0 N–H and O–H groups in total. The fourth-order valence-electron chi connectivity index (χ4n) is 7.03. The van der Waals surface area contributed by atoms with Crippen LogP contribution in [0.15, 0.2) is 0 Å². The molecule has 0 aromatic rings. The second kappa shape index (κ2) is 5.00. The van der Waals surface area contributed by atoms with Crippen molar-refractivity contribution in [1.29, 1.82) is 0 Å². The van der Waals surface area contributed by atoms with Crippen LogP contribution < -0.4 is 0 Å². The zero-order valence-electron chi connectivity index (χ0n) is 14.3. The van der Waals surface area contributed by atoms with E-state index in [1.807, 2.05) is 0 Å². The van der Waals surface area contributed by atoms with Gasteiger partial charge in [0.1, 0.15) is 17.9 Å². The standard InChI is InChI=1S/C20H28O3/c1-19-7-5-14(22)10-13(19)9-12(11-21)18-15-3-4-17(23)20(15,2)8-6-16(18)19/h11-13,15-16,18H,3-10H2,1-2H3/t12?,13?,15-,16+,18-,19-,20-/m0/s1. The van der Waals surface area contributed by atoms with Gasteiger partial charge in [-0.25, -0.2) is 0 Å². The zero-order chi connectivity index (χ0) is 16.4. The molecule has 7 atom stereocenters. The quantitative estimate of drug-likeness (QED) is 0.695. The van der Waals surface area contributed by atoms with Crippen LogP contribution in [0, 0.1) is 40.4 Å². The van der Waals surface area contributed by atoms with Gasteiger partial charge in [0.2, 0.25) is 0 Å². The highest BCUT2D eigenvalue weighted by molar-refractivity contribution is 5.87. The normalized spacial score (nSPS) is 52.5. The highest BCUT2D eigenvalue weighted by Crippen LogP contribution is 2.66. The topological polar surface area (TPSA) is 51.2 Å². The van der Waals surface area contributed by atoms with E-state index in [0.717, 1.165) is 38.4 Å². The van der Waals surface area contributed by atoms with Crippen LogP contribution in [-0.4, -0.2) is 17.9 Å². The maximum atomic E-state index is 12.5. The molecule has 0 saturated heterocycles. The number of hydrogen-bond acceptors (Lipinski definition) is 3. The van der Waals surface area contributed by atoms with Gasteiger partial charge in [0.15, 0.2) is 0 Å². The van der Waals surface area contributed by atoms with Gasteiger partial charge >= 0.3 is 0 Å². The molecule has 0 aromatic heterocycles. The Kier molecular flexibility index (Phi) is 3.38. The van der Waals surface area contributed by atoms with E-state index < -0.39 is 0 Å². The second-order valence-corrected chi connectivity index (χ2v) is 9.19. The number of aldehydes is 1. The van der Waals surface area contributed by atoms with Gasteiger partial charge < -0.3 is 4.79 Å². The monoisotopic (exact) mass is 316 g/mol. The van der Waals surface area contributed by atoms with E-state index in [9.17, 15) is 14.4 Å². The van der Waals surface area contributed by atoms with Crippen molar-refractivity contribution >= 4 is 17.9 Å². The summed E-state index contributed by atoms with van der Waals surface area (Å²) in [5.74, 6) is 2.52. The molecule has 0 spiro atoms. The minimum atomic E-state index is -0.184. The predicted octanol–water partition coefficient (Wildman–Crippen LogP) is 3.59. The molecule has 0 radical (unpaired) electrons. The SMILES string of the molecule is C[C@]12CCC(=O)CC1CC(C=O)[C@@H]1[C@H]2CC[C@]2(C)C(=O)CC[C@@H]12. The summed E-state index contributed by atoms with van der Waals surface area (Å²) in [5, 5.41) is 0. The molecule has 4 fully saturated rings. The number of Topliss-reactive ketones (excluding diaryl/α,β-unsaturated/α-hetero) is 2. The van der Waals surface area contributed by atoms with Gasteiger partial charge in [0.05, 0.1) is 0 Å². The molecular formula is C20H28O3. The van der Waals surface area contributed by atoms with Gasteiger partial charge in [-0.2, -0.15) is 0 Å². The fraction of sp³-hybridized carbons (Fsp3) is 0.850. The number of ketones is 2. The third kappa shape index (κ3) is 1.97. The van der Waals surface area contributed by atoms with Gasteiger partial charge in [-0.1, -0.05) is 13.8 Å². The van der Waals surface area contributed by atoms with Gasteiger partial charge in [-0.3, -0.25) is 9.59 Å². The molecule has 0 amide bonds. The Morgan fingerprint density at radius 3 is 2.57 bits per heavy atom. The van der Waals surface area contributed by atoms with Crippen LogP contribution in [0.3, 0.4) is 0 Å². The minimum Gasteiger partial charge on any atom is -0.303 e. The molecule has 0 aliphatic heterocycles. The molecule has 2 unspecified atom stereocenters. The number of rotatable bonds is 1. The fourth-order valence-corrected chi connectivity index (χ4v) is 7.03. The van der Waals surface area contributed by atoms with E-state index in [4.69, 9.17) is 0 Å².